The highest BCUT2D eigenvalue weighted by Crippen LogP contribution is 2.36. The summed E-state index contributed by atoms with van der Waals surface area (Å²) in [7, 11) is -0.631. The summed E-state index contributed by atoms with van der Waals surface area (Å²) in [4.78, 5) is 47.8. The van der Waals surface area contributed by atoms with E-state index in [0.717, 1.165) is 16.7 Å². The first kappa shape index (κ1) is 22.9. The molecule has 0 saturated carbocycles. The topological polar surface area (TPSA) is 102 Å². The van der Waals surface area contributed by atoms with Crippen molar-refractivity contribution in [2.75, 3.05) is 13.1 Å². The van der Waals surface area contributed by atoms with Gasteiger partial charge in [0.2, 0.25) is 5.91 Å². The number of hydrogen-bond donors (Lipinski definition) is 1. The minimum absolute atomic E-state index is 0.133. The molecule has 0 atom stereocenters. The molecule has 0 bridgehead atoms. The highest BCUT2D eigenvalue weighted by atomic mass is 16.7. The molecule has 0 spiro atoms. The standard InChI is InChI=1S/C22H27BN2O6/c1-21(2)22(3,4)31-23(30-21)17-7-5-15(13-16(17)14-26)6-8-18(27)24-11-12-25-19(28)9-10-20(25)29/h5,7,9-10,13-14H,6,8,11-12H2,1-4H3,(H,24,27). The molecule has 1 saturated heterocycles. The third-order valence-electron chi connectivity index (χ3n) is 5.98. The second-order valence-corrected chi connectivity index (χ2v) is 8.68. The van der Waals surface area contributed by atoms with Gasteiger partial charge in [-0.15, -0.1) is 0 Å². The van der Waals surface area contributed by atoms with E-state index in [1.54, 1.807) is 12.1 Å². The van der Waals surface area contributed by atoms with Crippen LogP contribution in [0.5, 0.6) is 0 Å². The lowest BCUT2D eigenvalue weighted by Crippen LogP contribution is -2.41. The van der Waals surface area contributed by atoms with Crippen LogP contribution in [0.15, 0.2) is 30.4 Å². The maximum Gasteiger partial charge on any atom is 0.495 e. The van der Waals surface area contributed by atoms with Crippen molar-refractivity contribution < 1.29 is 28.5 Å². The second kappa shape index (κ2) is 8.76. The first-order valence-electron chi connectivity index (χ1n) is 10.3. The summed E-state index contributed by atoms with van der Waals surface area (Å²) >= 11 is 0. The first-order valence-corrected chi connectivity index (χ1v) is 10.3. The summed E-state index contributed by atoms with van der Waals surface area (Å²) in [5.41, 5.74) is 0.959. The molecule has 3 amide bonds. The largest absolute Gasteiger partial charge is 0.495 e. The molecule has 0 aromatic heterocycles. The first-order chi connectivity index (χ1) is 14.5. The van der Waals surface area contributed by atoms with Gasteiger partial charge in [0.25, 0.3) is 11.8 Å². The van der Waals surface area contributed by atoms with Crippen molar-refractivity contribution in [1.29, 1.82) is 0 Å². The average molecular weight is 426 g/mol. The van der Waals surface area contributed by atoms with Crippen LogP contribution in [0.3, 0.4) is 0 Å². The van der Waals surface area contributed by atoms with Crippen molar-refractivity contribution >= 4 is 36.6 Å². The van der Waals surface area contributed by atoms with Gasteiger partial charge in [0.1, 0.15) is 6.29 Å². The molecule has 0 aliphatic carbocycles. The van der Waals surface area contributed by atoms with E-state index in [1.807, 2.05) is 33.8 Å². The maximum atomic E-state index is 12.1. The number of nitrogens with one attached hydrogen (secondary N) is 1. The molecule has 2 aliphatic heterocycles. The molecule has 31 heavy (non-hydrogen) atoms. The summed E-state index contributed by atoms with van der Waals surface area (Å²) in [5, 5.41) is 2.70. The van der Waals surface area contributed by atoms with Crippen molar-refractivity contribution in [2.45, 2.75) is 51.7 Å². The van der Waals surface area contributed by atoms with Crippen LogP contribution in [0.2, 0.25) is 0 Å². The van der Waals surface area contributed by atoms with Crippen molar-refractivity contribution in [1.82, 2.24) is 10.2 Å². The fraction of sp³-hybridized carbons (Fsp3) is 0.455. The fourth-order valence-electron chi connectivity index (χ4n) is 3.37. The van der Waals surface area contributed by atoms with Gasteiger partial charge in [0, 0.05) is 37.2 Å². The molecular formula is C22H27BN2O6. The van der Waals surface area contributed by atoms with Crippen LogP contribution < -0.4 is 10.8 Å². The molecule has 9 heteroatoms. The summed E-state index contributed by atoms with van der Waals surface area (Å²) in [6.07, 6.45) is 3.85. The Morgan fingerprint density at radius 3 is 2.29 bits per heavy atom. The molecule has 0 unspecified atom stereocenters. The predicted molar refractivity (Wildman–Crippen MR) is 115 cm³/mol. The molecule has 1 N–H and O–H groups in total. The molecule has 164 valence electrons. The number of nitrogens with zero attached hydrogens (tertiary/aromatic N) is 1. The van der Waals surface area contributed by atoms with Gasteiger partial charge in [0.15, 0.2) is 0 Å². The minimum atomic E-state index is -0.631. The summed E-state index contributed by atoms with van der Waals surface area (Å²) in [6.45, 7) is 8.13. The van der Waals surface area contributed by atoms with E-state index in [2.05, 4.69) is 5.32 Å². The summed E-state index contributed by atoms with van der Waals surface area (Å²) in [6, 6.07) is 5.40. The van der Waals surface area contributed by atoms with E-state index in [0.29, 0.717) is 17.4 Å². The van der Waals surface area contributed by atoms with Crippen LogP contribution in [0.1, 0.15) is 50.0 Å². The number of aldehydes is 1. The van der Waals surface area contributed by atoms with E-state index in [1.165, 1.54) is 12.2 Å². The normalized spacial score (nSPS) is 19.2. The number of hydrogen-bond acceptors (Lipinski definition) is 6. The second-order valence-electron chi connectivity index (χ2n) is 8.68. The van der Waals surface area contributed by atoms with Gasteiger partial charge >= 0.3 is 7.12 Å². The highest BCUT2D eigenvalue weighted by molar-refractivity contribution is 6.63. The van der Waals surface area contributed by atoms with Gasteiger partial charge in [-0.2, -0.15) is 0 Å². The van der Waals surface area contributed by atoms with Gasteiger partial charge < -0.3 is 14.6 Å². The lowest BCUT2D eigenvalue weighted by atomic mass is 9.75. The van der Waals surface area contributed by atoms with Gasteiger partial charge in [-0.1, -0.05) is 12.1 Å². The number of benzene rings is 1. The number of rotatable bonds is 8. The minimum Gasteiger partial charge on any atom is -0.399 e. The van der Waals surface area contributed by atoms with E-state index in [-0.39, 0.29) is 37.2 Å². The fourth-order valence-corrected chi connectivity index (χ4v) is 3.37. The highest BCUT2D eigenvalue weighted by Gasteiger charge is 2.52. The number of carbonyl (C=O) groups excluding carboxylic acids is 4. The van der Waals surface area contributed by atoms with Crippen molar-refractivity contribution in [3.63, 3.8) is 0 Å². The summed E-state index contributed by atoms with van der Waals surface area (Å²) in [5.74, 6) is -0.944. The molecule has 3 rings (SSSR count). The predicted octanol–water partition coefficient (Wildman–Crippen LogP) is 0.772. The van der Waals surface area contributed by atoms with Crippen molar-refractivity contribution in [3.05, 3.63) is 41.5 Å². The zero-order chi connectivity index (χ0) is 22.8. The molecule has 1 aromatic rings. The zero-order valence-corrected chi connectivity index (χ0v) is 18.3. The summed E-state index contributed by atoms with van der Waals surface area (Å²) < 4.78 is 12.1. The molecule has 0 radical (unpaired) electrons. The quantitative estimate of drug-likeness (QED) is 0.375. The molecular weight excluding hydrogens is 399 g/mol. The molecule has 8 nitrogen and oxygen atoms in total. The molecule has 2 heterocycles. The van der Waals surface area contributed by atoms with Crippen LogP contribution in [0.4, 0.5) is 0 Å². The van der Waals surface area contributed by atoms with E-state index in [9.17, 15) is 19.2 Å². The SMILES string of the molecule is CC1(C)OB(c2ccc(CCC(=O)NCCN3C(=O)C=CC3=O)cc2C=O)OC1(C)C. The van der Waals surface area contributed by atoms with E-state index >= 15 is 0 Å². The van der Waals surface area contributed by atoms with E-state index in [4.69, 9.17) is 9.31 Å². The van der Waals surface area contributed by atoms with Crippen molar-refractivity contribution in [2.24, 2.45) is 0 Å². The molecule has 1 fully saturated rings. The Hall–Kier alpha value is -2.78. The Morgan fingerprint density at radius 2 is 1.71 bits per heavy atom. The Labute approximate surface area is 182 Å². The number of aryl methyl sites for hydroxylation is 1. The van der Waals surface area contributed by atoms with E-state index < -0.39 is 18.3 Å². The molecule has 2 aliphatic rings. The van der Waals surface area contributed by atoms with Gasteiger partial charge in [-0.3, -0.25) is 24.1 Å². The number of carbonyl (C=O) groups is 4. The monoisotopic (exact) mass is 426 g/mol. The zero-order valence-electron chi connectivity index (χ0n) is 18.3. The lowest BCUT2D eigenvalue weighted by Gasteiger charge is -2.32. The van der Waals surface area contributed by atoms with Crippen LogP contribution >= 0.6 is 0 Å². The Morgan fingerprint density at radius 1 is 1.10 bits per heavy atom. The third-order valence-corrected chi connectivity index (χ3v) is 5.98. The molecule has 1 aromatic carbocycles. The third kappa shape index (κ3) is 4.94. The van der Waals surface area contributed by atoms with Gasteiger partial charge in [-0.25, -0.2) is 0 Å². The van der Waals surface area contributed by atoms with Gasteiger partial charge in [0.05, 0.1) is 11.2 Å². The Balaban J connectivity index is 1.53. The smallest absolute Gasteiger partial charge is 0.399 e. The van der Waals surface area contributed by atoms with Crippen LogP contribution in [0, 0.1) is 0 Å². The van der Waals surface area contributed by atoms with Crippen molar-refractivity contribution in [3.8, 4) is 0 Å². The maximum absolute atomic E-state index is 12.1. The average Bonchev–Trinajstić information content (AvgIpc) is 3.14. The van der Waals surface area contributed by atoms with Crippen LogP contribution in [-0.4, -0.2) is 60.3 Å². The number of amides is 3. The van der Waals surface area contributed by atoms with Crippen LogP contribution in [-0.2, 0) is 30.1 Å². The Kier molecular flexibility index (Phi) is 6.47. The lowest BCUT2D eigenvalue weighted by molar-refractivity contribution is -0.137. The van der Waals surface area contributed by atoms with Crippen LogP contribution in [0.25, 0.3) is 0 Å². The Bertz CT molecular complexity index is 906. The number of imide groups is 1. The van der Waals surface area contributed by atoms with Gasteiger partial charge in [-0.05, 0) is 51.2 Å².